The quantitative estimate of drug-likeness (QED) is 0.572. The number of benzene rings is 2. The number of hydrogen-bond donors (Lipinski definition) is 1. The van der Waals surface area contributed by atoms with Crippen LogP contribution < -0.4 is 5.56 Å². The van der Waals surface area contributed by atoms with Gasteiger partial charge in [-0.2, -0.15) is 5.10 Å². The van der Waals surface area contributed by atoms with Crippen LogP contribution in [0.3, 0.4) is 0 Å². The van der Waals surface area contributed by atoms with Crippen molar-refractivity contribution in [3.05, 3.63) is 99.5 Å². The molecule has 0 radical (unpaired) electrons. The van der Waals surface area contributed by atoms with Crippen LogP contribution in [-0.2, 0) is 19.5 Å². The van der Waals surface area contributed by atoms with Crippen molar-refractivity contribution < 1.29 is 9.18 Å². The van der Waals surface area contributed by atoms with E-state index in [1.54, 1.807) is 29.2 Å². The number of H-pyrrole nitrogens is 1. The smallest absolute Gasteiger partial charge is 0.272 e. The molecule has 5 rings (SSSR count). The molecular formula is C23H19FN4O2. The number of carbonyl (C=O) groups is 1. The first-order valence-corrected chi connectivity index (χ1v) is 9.78. The minimum Gasteiger partial charge on any atom is -0.348 e. The number of rotatable bonds is 3. The summed E-state index contributed by atoms with van der Waals surface area (Å²) in [7, 11) is 0. The average molecular weight is 402 g/mol. The van der Waals surface area contributed by atoms with Gasteiger partial charge in [-0.25, -0.2) is 9.49 Å². The molecule has 0 aliphatic carbocycles. The normalized spacial score (nSPS) is 13.4. The maximum atomic E-state index is 14.5. The minimum absolute atomic E-state index is 0.0567. The van der Waals surface area contributed by atoms with Gasteiger partial charge in [0.25, 0.3) is 11.5 Å². The number of amides is 1. The van der Waals surface area contributed by atoms with Gasteiger partial charge in [0.2, 0.25) is 0 Å². The third-order valence-electron chi connectivity index (χ3n) is 5.58. The van der Waals surface area contributed by atoms with Gasteiger partial charge >= 0.3 is 0 Å². The van der Waals surface area contributed by atoms with Gasteiger partial charge in [-0.3, -0.25) is 9.59 Å². The fraction of sp³-hybridized carbons (Fsp3) is 0.174. The van der Waals surface area contributed by atoms with E-state index >= 15 is 0 Å². The Kier molecular flexibility index (Phi) is 4.43. The Labute approximate surface area is 171 Å². The molecule has 0 saturated carbocycles. The van der Waals surface area contributed by atoms with Crippen molar-refractivity contribution in [1.82, 2.24) is 19.7 Å². The number of halogens is 1. The lowest BCUT2D eigenvalue weighted by Crippen LogP contribution is -2.38. The Hall–Kier alpha value is -3.74. The fourth-order valence-corrected chi connectivity index (χ4v) is 4.00. The standard InChI is InChI=1S/C23H19FN4O2/c24-20-8-7-15(13-21-17-5-1-2-6-18(17)22(29)26-25-21)12-19(20)23(30)28-11-10-27-9-3-4-16(27)14-28/h1-9,12H,10-11,13-14H2,(H,26,29). The Morgan fingerprint density at radius 2 is 1.90 bits per heavy atom. The topological polar surface area (TPSA) is 71.0 Å². The fourth-order valence-electron chi connectivity index (χ4n) is 4.00. The van der Waals surface area contributed by atoms with Crippen LogP contribution in [0.2, 0.25) is 0 Å². The zero-order valence-electron chi connectivity index (χ0n) is 16.1. The van der Waals surface area contributed by atoms with Gasteiger partial charge in [-0.1, -0.05) is 24.3 Å². The van der Waals surface area contributed by atoms with E-state index in [0.717, 1.165) is 16.6 Å². The molecule has 150 valence electrons. The van der Waals surface area contributed by atoms with Crippen LogP contribution in [-0.4, -0.2) is 32.1 Å². The lowest BCUT2D eigenvalue weighted by atomic mass is 10.0. The second kappa shape index (κ2) is 7.26. The van der Waals surface area contributed by atoms with Crippen LogP contribution in [0.4, 0.5) is 4.39 Å². The largest absolute Gasteiger partial charge is 0.348 e. The molecule has 4 aromatic rings. The summed E-state index contributed by atoms with van der Waals surface area (Å²) in [6.07, 6.45) is 2.36. The molecule has 0 fully saturated rings. The van der Waals surface area contributed by atoms with Crippen molar-refractivity contribution >= 4 is 16.7 Å². The van der Waals surface area contributed by atoms with E-state index in [9.17, 15) is 14.0 Å². The first kappa shape index (κ1) is 18.3. The number of carbonyl (C=O) groups excluding carboxylic acids is 1. The van der Waals surface area contributed by atoms with E-state index in [2.05, 4.69) is 14.8 Å². The van der Waals surface area contributed by atoms with E-state index in [4.69, 9.17) is 0 Å². The number of hydrogen-bond acceptors (Lipinski definition) is 3. The molecule has 7 heteroatoms. The van der Waals surface area contributed by atoms with Gasteiger partial charge in [0, 0.05) is 36.8 Å². The van der Waals surface area contributed by atoms with Crippen LogP contribution in [0.25, 0.3) is 10.8 Å². The summed E-state index contributed by atoms with van der Waals surface area (Å²) in [5.41, 5.74) is 2.27. The number of nitrogens with one attached hydrogen (secondary N) is 1. The molecular weight excluding hydrogens is 383 g/mol. The second-order valence-electron chi connectivity index (χ2n) is 7.46. The first-order chi connectivity index (χ1) is 14.6. The van der Waals surface area contributed by atoms with Gasteiger partial charge in [0.15, 0.2) is 0 Å². The number of aromatic nitrogens is 3. The molecule has 3 heterocycles. The van der Waals surface area contributed by atoms with Gasteiger partial charge < -0.3 is 9.47 Å². The highest BCUT2D eigenvalue weighted by Gasteiger charge is 2.24. The molecule has 2 aromatic carbocycles. The van der Waals surface area contributed by atoms with Crippen molar-refractivity contribution in [2.24, 2.45) is 0 Å². The average Bonchev–Trinajstić information content (AvgIpc) is 3.24. The molecule has 0 unspecified atom stereocenters. The Bertz CT molecular complexity index is 1320. The van der Waals surface area contributed by atoms with Crippen molar-refractivity contribution in [1.29, 1.82) is 0 Å². The summed E-state index contributed by atoms with van der Waals surface area (Å²) in [6, 6.07) is 15.7. The summed E-state index contributed by atoms with van der Waals surface area (Å²) in [6.45, 7) is 1.70. The predicted octanol–water partition coefficient (Wildman–Crippen LogP) is 3.11. The molecule has 1 N–H and O–H groups in total. The molecule has 30 heavy (non-hydrogen) atoms. The maximum absolute atomic E-state index is 14.5. The first-order valence-electron chi connectivity index (χ1n) is 9.78. The highest BCUT2D eigenvalue weighted by atomic mass is 19.1. The zero-order chi connectivity index (χ0) is 20.7. The summed E-state index contributed by atoms with van der Waals surface area (Å²) in [5, 5.41) is 7.99. The summed E-state index contributed by atoms with van der Waals surface area (Å²) in [4.78, 5) is 26.7. The maximum Gasteiger partial charge on any atom is 0.272 e. The second-order valence-corrected chi connectivity index (χ2v) is 7.46. The molecule has 2 aromatic heterocycles. The summed E-state index contributed by atoms with van der Waals surface area (Å²) >= 11 is 0. The Balaban J connectivity index is 1.45. The molecule has 0 atom stereocenters. The SMILES string of the molecule is O=C(c1cc(Cc2n[nH]c(=O)c3ccccc23)ccc1F)N1CCn2cccc2C1. The third kappa shape index (κ3) is 3.18. The van der Waals surface area contributed by atoms with Gasteiger partial charge in [-0.05, 0) is 35.9 Å². The van der Waals surface area contributed by atoms with E-state index in [1.807, 2.05) is 30.5 Å². The number of nitrogens with zero attached hydrogens (tertiary/aromatic N) is 3. The minimum atomic E-state index is -0.538. The van der Waals surface area contributed by atoms with E-state index in [-0.39, 0.29) is 17.0 Å². The van der Waals surface area contributed by atoms with Crippen LogP contribution in [0.1, 0.15) is 27.3 Å². The molecule has 1 aliphatic rings. The number of aromatic amines is 1. The van der Waals surface area contributed by atoms with Gasteiger partial charge in [0.05, 0.1) is 23.2 Å². The molecule has 1 aliphatic heterocycles. The highest BCUT2D eigenvalue weighted by Crippen LogP contribution is 2.21. The van der Waals surface area contributed by atoms with Crippen molar-refractivity contribution in [2.75, 3.05) is 6.54 Å². The van der Waals surface area contributed by atoms with E-state index < -0.39 is 5.82 Å². The van der Waals surface area contributed by atoms with Crippen LogP contribution in [0.15, 0.2) is 65.6 Å². The summed E-state index contributed by atoms with van der Waals surface area (Å²) < 4.78 is 16.6. The zero-order valence-corrected chi connectivity index (χ0v) is 16.1. The van der Waals surface area contributed by atoms with Gasteiger partial charge in [0.1, 0.15) is 5.82 Å². The van der Waals surface area contributed by atoms with Crippen LogP contribution >= 0.6 is 0 Å². The monoisotopic (exact) mass is 402 g/mol. The van der Waals surface area contributed by atoms with Crippen molar-refractivity contribution in [3.63, 3.8) is 0 Å². The molecule has 0 bridgehead atoms. The number of fused-ring (bicyclic) bond motifs is 2. The van der Waals surface area contributed by atoms with Gasteiger partial charge in [-0.15, -0.1) is 0 Å². The summed E-state index contributed by atoms with van der Waals surface area (Å²) in [5.74, 6) is -0.856. The Morgan fingerprint density at radius 1 is 1.07 bits per heavy atom. The van der Waals surface area contributed by atoms with Crippen LogP contribution in [0.5, 0.6) is 0 Å². The lowest BCUT2D eigenvalue weighted by Gasteiger charge is -2.29. The molecule has 6 nitrogen and oxygen atoms in total. The lowest BCUT2D eigenvalue weighted by molar-refractivity contribution is 0.0706. The predicted molar refractivity (Wildman–Crippen MR) is 111 cm³/mol. The molecule has 1 amide bonds. The van der Waals surface area contributed by atoms with Crippen LogP contribution in [0, 0.1) is 5.82 Å². The van der Waals surface area contributed by atoms with E-state index in [0.29, 0.717) is 37.1 Å². The van der Waals surface area contributed by atoms with E-state index in [1.165, 1.54) is 6.07 Å². The van der Waals surface area contributed by atoms with Crippen molar-refractivity contribution in [2.45, 2.75) is 19.5 Å². The highest BCUT2D eigenvalue weighted by molar-refractivity contribution is 5.94. The third-order valence-corrected chi connectivity index (χ3v) is 5.58. The Morgan fingerprint density at radius 3 is 2.77 bits per heavy atom. The van der Waals surface area contributed by atoms with Crippen molar-refractivity contribution in [3.8, 4) is 0 Å². The molecule has 0 spiro atoms. The molecule has 0 saturated heterocycles.